The number of rotatable bonds is 11. The minimum atomic E-state index is 0.522. The van der Waals surface area contributed by atoms with Crippen LogP contribution in [0.15, 0.2) is 18.2 Å². The number of methoxy groups -OCH3 is 2. The smallest absolute Gasteiger partial charge is 0.161 e. The Morgan fingerprint density at radius 3 is 2.68 bits per heavy atom. The largest absolute Gasteiger partial charge is 0.493 e. The van der Waals surface area contributed by atoms with Gasteiger partial charge in [-0.25, -0.2) is 0 Å². The van der Waals surface area contributed by atoms with Crippen LogP contribution >= 0.6 is 0 Å². The molecule has 0 aromatic heterocycles. The van der Waals surface area contributed by atoms with Gasteiger partial charge in [0, 0.05) is 39.3 Å². The van der Waals surface area contributed by atoms with Crippen molar-refractivity contribution in [3.05, 3.63) is 23.8 Å². The van der Waals surface area contributed by atoms with Crippen molar-refractivity contribution in [3.8, 4) is 11.5 Å². The van der Waals surface area contributed by atoms with E-state index < -0.39 is 0 Å². The fourth-order valence-corrected chi connectivity index (χ4v) is 3.21. The molecule has 1 atom stereocenters. The van der Waals surface area contributed by atoms with E-state index in [-0.39, 0.29) is 0 Å². The molecule has 0 radical (unpaired) electrons. The number of nitrogens with one attached hydrogen (secondary N) is 1. The quantitative estimate of drug-likeness (QED) is 0.622. The van der Waals surface area contributed by atoms with Gasteiger partial charge in [0.2, 0.25) is 0 Å². The lowest BCUT2D eigenvalue weighted by atomic mass is 10.1. The summed E-state index contributed by atoms with van der Waals surface area (Å²) in [5, 5.41) is 3.46. The third kappa shape index (κ3) is 6.49. The Bertz CT molecular complexity index is 502. The van der Waals surface area contributed by atoms with Crippen LogP contribution in [0.25, 0.3) is 0 Å². The summed E-state index contributed by atoms with van der Waals surface area (Å²) in [7, 11) is 3.39. The topological polar surface area (TPSA) is 43.0 Å². The third-order valence-electron chi connectivity index (χ3n) is 4.75. The van der Waals surface area contributed by atoms with Gasteiger partial charge in [0.1, 0.15) is 0 Å². The van der Waals surface area contributed by atoms with Gasteiger partial charge in [0.05, 0.1) is 13.7 Å². The molecular weight excluding hydrogens is 316 g/mol. The molecule has 0 amide bonds. The molecule has 25 heavy (non-hydrogen) atoms. The molecule has 1 saturated heterocycles. The zero-order valence-electron chi connectivity index (χ0n) is 16.2. The predicted molar refractivity (Wildman–Crippen MR) is 102 cm³/mol. The van der Waals surface area contributed by atoms with Gasteiger partial charge in [-0.05, 0) is 57.0 Å². The van der Waals surface area contributed by atoms with Crippen LogP contribution in [0, 0.1) is 5.92 Å². The molecule has 1 aliphatic rings. The van der Waals surface area contributed by atoms with Gasteiger partial charge in [-0.1, -0.05) is 6.07 Å². The maximum Gasteiger partial charge on any atom is 0.161 e. The van der Waals surface area contributed by atoms with Gasteiger partial charge in [0.15, 0.2) is 11.5 Å². The van der Waals surface area contributed by atoms with Crippen molar-refractivity contribution in [3.63, 3.8) is 0 Å². The van der Waals surface area contributed by atoms with Crippen LogP contribution in [0.1, 0.15) is 32.3 Å². The lowest BCUT2D eigenvalue weighted by molar-refractivity contribution is 0.170. The van der Waals surface area contributed by atoms with Crippen LogP contribution in [0.5, 0.6) is 11.5 Å². The van der Waals surface area contributed by atoms with Crippen LogP contribution in [0.2, 0.25) is 0 Å². The molecule has 0 saturated carbocycles. The zero-order chi connectivity index (χ0) is 18.1. The average molecular weight is 351 g/mol. The number of ether oxygens (including phenoxy) is 3. The Hall–Kier alpha value is -1.30. The normalized spacial score (nSPS) is 17.4. The molecule has 1 aromatic carbocycles. The van der Waals surface area contributed by atoms with E-state index in [4.69, 9.17) is 14.2 Å². The van der Waals surface area contributed by atoms with E-state index >= 15 is 0 Å². The summed E-state index contributed by atoms with van der Waals surface area (Å²) >= 11 is 0. The first-order valence-electron chi connectivity index (χ1n) is 9.37. The van der Waals surface area contributed by atoms with E-state index in [1.165, 1.54) is 12.0 Å². The summed E-state index contributed by atoms with van der Waals surface area (Å²) in [4.78, 5) is 2.55. The Balaban J connectivity index is 2.00. The van der Waals surface area contributed by atoms with Crippen molar-refractivity contribution in [2.45, 2.75) is 39.3 Å². The van der Waals surface area contributed by atoms with Crippen molar-refractivity contribution in [1.82, 2.24) is 10.2 Å². The lowest BCUT2D eigenvalue weighted by Crippen LogP contribution is -2.35. The fraction of sp³-hybridized carbons (Fsp3) is 0.700. The highest BCUT2D eigenvalue weighted by Crippen LogP contribution is 2.29. The molecule has 0 aliphatic carbocycles. The molecule has 0 spiro atoms. The SMILES string of the molecule is COCCCOc1cc(CN(C[C@@H]2CCNC2)C(C)C)ccc1OC. The first-order valence-corrected chi connectivity index (χ1v) is 9.37. The Morgan fingerprint density at radius 1 is 1.20 bits per heavy atom. The van der Waals surface area contributed by atoms with E-state index in [9.17, 15) is 0 Å². The second-order valence-electron chi connectivity index (χ2n) is 7.06. The summed E-state index contributed by atoms with van der Waals surface area (Å²) < 4.78 is 16.4. The molecule has 1 fully saturated rings. The molecule has 0 bridgehead atoms. The summed E-state index contributed by atoms with van der Waals surface area (Å²) in [6.07, 6.45) is 2.15. The number of nitrogens with zero attached hydrogens (tertiary/aromatic N) is 1. The molecule has 2 rings (SSSR count). The third-order valence-corrected chi connectivity index (χ3v) is 4.75. The van der Waals surface area contributed by atoms with E-state index in [1.807, 2.05) is 6.07 Å². The van der Waals surface area contributed by atoms with Gasteiger partial charge in [-0.3, -0.25) is 4.90 Å². The van der Waals surface area contributed by atoms with Crippen molar-refractivity contribution >= 4 is 0 Å². The summed E-state index contributed by atoms with van der Waals surface area (Å²) in [5.41, 5.74) is 1.27. The van der Waals surface area contributed by atoms with Crippen molar-refractivity contribution in [2.75, 3.05) is 47.1 Å². The number of hydrogen-bond donors (Lipinski definition) is 1. The highest BCUT2D eigenvalue weighted by molar-refractivity contribution is 5.43. The Labute approximate surface area is 152 Å². The van der Waals surface area contributed by atoms with Gasteiger partial charge in [-0.15, -0.1) is 0 Å². The number of hydrogen-bond acceptors (Lipinski definition) is 5. The van der Waals surface area contributed by atoms with E-state index in [2.05, 4.69) is 36.2 Å². The lowest BCUT2D eigenvalue weighted by Gasteiger charge is -2.29. The Morgan fingerprint density at radius 2 is 2.04 bits per heavy atom. The van der Waals surface area contributed by atoms with Crippen LogP contribution in [0.3, 0.4) is 0 Å². The molecule has 5 heteroatoms. The Kier molecular flexibility index (Phi) is 8.52. The maximum absolute atomic E-state index is 5.91. The summed E-state index contributed by atoms with van der Waals surface area (Å²) in [6.45, 7) is 10.3. The van der Waals surface area contributed by atoms with Crippen molar-refractivity contribution < 1.29 is 14.2 Å². The molecule has 1 heterocycles. The minimum absolute atomic E-state index is 0.522. The molecule has 1 aromatic rings. The molecule has 0 unspecified atom stereocenters. The molecule has 5 nitrogen and oxygen atoms in total. The summed E-state index contributed by atoms with van der Waals surface area (Å²) in [6, 6.07) is 6.79. The van der Waals surface area contributed by atoms with E-state index in [0.717, 1.165) is 50.0 Å². The second kappa shape index (κ2) is 10.6. The number of benzene rings is 1. The van der Waals surface area contributed by atoms with Crippen LogP contribution in [0.4, 0.5) is 0 Å². The molecule has 1 N–H and O–H groups in total. The van der Waals surface area contributed by atoms with Gasteiger partial charge < -0.3 is 19.5 Å². The zero-order valence-corrected chi connectivity index (χ0v) is 16.2. The summed E-state index contributed by atoms with van der Waals surface area (Å²) in [5.74, 6) is 2.37. The standard InChI is InChI=1S/C20H34N2O3/c1-16(2)22(15-18-8-9-21-13-18)14-17-6-7-19(24-4)20(12-17)25-11-5-10-23-3/h6-7,12,16,18,21H,5,8-11,13-15H2,1-4H3/t18-/m1/s1. The van der Waals surface area contributed by atoms with Gasteiger partial charge in [0.25, 0.3) is 0 Å². The minimum Gasteiger partial charge on any atom is -0.493 e. The fourth-order valence-electron chi connectivity index (χ4n) is 3.21. The predicted octanol–water partition coefficient (Wildman–Crippen LogP) is 2.93. The molecular formula is C20H34N2O3. The van der Waals surface area contributed by atoms with Crippen LogP contribution in [-0.2, 0) is 11.3 Å². The highest BCUT2D eigenvalue weighted by atomic mass is 16.5. The maximum atomic E-state index is 5.91. The highest BCUT2D eigenvalue weighted by Gasteiger charge is 2.20. The first-order chi connectivity index (χ1) is 12.1. The van der Waals surface area contributed by atoms with E-state index in [1.54, 1.807) is 14.2 Å². The van der Waals surface area contributed by atoms with Gasteiger partial charge in [-0.2, -0.15) is 0 Å². The second-order valence-corrected chi connectivity index (χ2v) is 7.06. The average Bonchev–Trinajstić information content (AvgIpc) is 3.11. The van der Waals surface area contributed by atoms with Crippen molar-refractivity contribution in [1.29, 1.82) is 0 Å². The van der Waals surface area contributed by atoms with Gasteiger partial charge >= 0.3 is 0 Å². The van der Waals surface area contributed by atoms with Crippen LogP contribution < -0.4 is 14.8 Å². The molecule has 142 valence electrons. The first kappa shape index (κ1) is 20.0. The van der Waals surface area contributed by atoms with Crippen LogP contribution in [-0.4, -0.2) is 58.0 Å². The van der Waals surface area contributed by atoms with E-state index in [0.29, 0.717) is 19.3 Å². The monoisotopic (exact) mass is 350 g/mol. The molecule has 1 aliphatic heterocycles. The van der Waals surface area contributed by atoms with Crippen molar-refractivity contribution in [2.24, 2.45) is 5.92 Å².